The lowest BCUT2D eigenvalue weighted by molar-refractivity contribution is 0.288. The van der Waals surface area contributed by atoms with Gasteiger partial charge < -0.3 is 15.2 Å². The highest BCUT2D eigenvalue weighted by atomic mass is 127. The minimum Gasteiger partial charge on any atom is -0.490 e. The Morgan fingerprint density at radius 3 is 2.30 bits per heavy atom. The monoisotopic (exact) mass is 429 g/mol. The predicted octanol–water partition coefficient (Wildman–Crippen LogP) is 4.36. The minimum atomic E-state index is -0.0116. The van der Waals surface area contributed by atoms with Crippen LogP contribution in [0.2, 0.25) is 0 Å². The van der Waals surface area contributed by atoms with Crippen molar-refractivity contribution in [2.24, 2.45) is 0 Å². The van der Waals surface area contributed by atoms with E-state index in [1.807, 2.05) is 13.8 Å². The maximum Gasteiger partial charge on any atom is 0.170 e. The van der Waals surface area contributed by atoms with Gasteiger partial charge in [-0.1, -0.05) is 20.8 Å². The molecule has 0 saturated carbocycles. The Labute approximate surface area is 151 Å². The topological polar surface area (TPSA) is 73.2 Å². The zero-order chi connectivity index (χ0) is 17.2. The van der Waals surface area contributed by atoms with E-state index in [0.717, 1.165) is 26.3 Å². The molecule has 0 aliphatic heterocycles. The van der Waals surface area contributed by atoms with Gasteiger partial charge in [0.1, 0.15) is 0 Å². The lowest BCUT2D eigenvalue weighted by Crippen LogP contribution is -2.12. The van der Waals surface area contributed by atoms with E-state index in [-0.39, 0.29) is 5.41 Å². The highest BCUT2D eigenvalue weighted by Crippen LogP contribution is 2.43. The Bertz CT molecular complexity index is 690. The van der Waals surface area contributed by atoms with Gasteiger partial charge in [0, 0.05) is 5.56 Å². The van der Waals surface area contributed by atoms with Crippen LogP contribution in [0.4, 0.5) is 5.82 Å². The third-order valence-electron chi connectivity index (χ3n) is 3.51. The molecule has 1 aromatic carbocycles. The molecule has 126 valence electrons. The number of aromatic amines is 1. The van der Waals surface area contributed by atoms with Crippen LogP contribution in [0.1, 0.15) is 40.2 Å². The maximum absolute atomic E-state index is 5.90. The first-order chi connectivity index (χ1) is 10.8. The van der Waals surface area contributed by atoms with E-state index >= 15 is 0 Å². The molecule has 0 atom stereocenters. The summed E-state index contributed by atoms with van der Waals surface area (Å²) in [5.74, 6) is 1.96. The van der Waals surface area contributed by atoms with Crippen LogP contribution < -0.4 is 15.2 Å². The number of rotatable bonds is 5. The molecule has 0 aliphatic carbocycles. The van der Waals surface area contributed by atoms with Crippen molar-refractivity contribution < 1.29 is 9.47 Å². The predicted molar refractivity (Wildman–Crippen MR) is 102 cm³/mol. The van der Waals surface area contributed by atoms with Crippen LogP contribution in [-0.4, -0.2) is 23.4 Å². The van der Waals surface area contributed by atoms with Gasteiger partial charge in [-0.3, -0.25) is 5.10 Å². The largest absolute Gasteiger partial charge is 0.490 e. The van der Waals surface area contributed by atoms with Crippen molar-refractivity contribution in [3.63, 3.8) is 0 Å². The molecule has 1 aromatic heterocycles. The molecule has 2 aromatic rings. The Hall–Kier alpha value is -1.44. The third kappa shape index (κ3) is 3.73. The van der Waals surface area contributed by atoms with Gasteiger partial charge in [0.25, 0.3) is 0 Å². The van der Waals surface area contributed by atoms with E-state index in [0.29, 0.717) is 19.0 Å². The van der Waals surface area contributed by atoms with Crippen LogP contribution in [0.5, 0.6) is 11.5 Å². The molecule has 1 heterocycles. The lowest BCUT2D eigenvalue weighted by Gasteiger charge is -2.23. The molecule has 2 rings (SSSR count). The summed E-state index contributed by atoms with van der Waals surface area (Å²) in [7, 11) is 0. The van der Waals surface area contributed by atoms with E-state index in [2.05, 4.69) is 65.7 Å². The fourth-order valence-corrected chi connectivity index (χ4v) is 2.83. The first-order valence-corrected chi connectivity index (χ1v) is 8.81. The van der Waals surface area contributed by atoms with Crippen molar-refractivity contribution in [1.82, 2.24) is 10.2 Å². The number of anilines is 1. The summed E-state index contributed by atoms with van der Waals surface area (Å²) >= 11 is 2.20. The summed E-state index contributed by atoms with van der Waals surface area (Å²) in [5, 5.41) is 7.13. The Kier molecular flexibility index (Phi) is 5.44. The van der Waals surface area contributed by atoms with Crippen LogP contribution in [0.15, 0.2) is 12.1 Å². The zero-order valence-electron chi connectivity index (χ0n) is 14.3. The Morgan fingerprint density at radius 1 is 1.17 bits per heavy atom. The van der Waals surface area contributed by atoms with Gasteiger partial charge in [0.05, 0.1) is 22.5 Å². The van der Waals surface area contributed by atoms with Crippen molar-refractivity contribution in [2.75, 3.05) is 18.9 Å². The molecule has 3 N–H and O–H groups in total. The second-order valence-electron chi connectivity index (χ2n) is 6.26. The van der Waals surface area contributed by atoms with Gasteiger partial charge in [0.2, 0.25) is 0 Å². The van der Waals surface area contributed by atoms with Gasteiger partial charge in [-0.05, 0) is 59.5 Å². The number of hydrogen-bond donors (Lipinski definition) is 2. The molecular weight excluding hydrogens is 405 g/mol. The highest BCUT2D eigenvalue weighted by Gasteiger charge is 2.24. The number of nitrogen functional groups attached to an aromatic ring is 1. The molecular formula is C17H24IN3O2. The molecule has 0 amide bonds. The highest BCUT2D eigenvalue weighted by molar-refractivity contribution is 14.1. The summed E-state index contributed by atoms with van der Waals surface area (Å²) in [6.45, 7) is 11.6. The van der Waals surface area contributed by atoms with Crippen LogP contribution >= 0.6 is 22.6 Å². The fourth-order valence-electron chi connectivity index (χ4n) is 2.30. The summed E-state index contributed by atoms with van der Waals surface area (Å²) in [6, 6.07) is 4.19. The molecule has 0 radical (unpaired) electrons. The summed E-state index contributed by atoms with van der Waals surface area (Å²) in [6.07, 6.45) is 0. The molecule has 0 spiro atoms. The van der Waals surface area contributed by atoms with E-state index < -0.39 is 0 Å². The number of nitrogens with two attached hydrogens (primary N) is 1. The van der Waals surface area contributed by atoms with Gasteiger partial charge in [-0.2, -0.15) is 5.10 Å². The standard InChI is InChI=1S/C17H24IN3O2/c1-6-22-12-9-10(17(3,4)5)8-11(15(12)23-7-2)14-13(18)16(19)21-20-14/h8-9H,6-7H2,1-5H3,(H3,19,20,21). The van der Waals surface area contributed by atoms with Crippen molar-refractivity contribution in [1.29, 1.82) is 0 Å². The van der Waals surface area contributed by atoms with Crippen LogP contribution in [0.25, 0.3) is 11.3 Å². The zero-order valence-corrected chi connectivity index (χ0v) is 16.4. The van der Waals surface area contributed by atoms with Crippen molar-refractivity contribution in [2.45, 2.75) is 40.0 Å². The van der Waals surface area contributed by atoms with Crippen LogP contribution in [0.3, 0.4) is 0 Å². The molecule has 0 fully saturated rings. The summed E-state index contributed by atoms with van der Waals surface area (Å²) in [5.41, 5.74) is 8.85. The van der Waals surface area contributed by atoms with Gasteiger partial charge >= 0.3 is 0 Å². The number of H-pyrrole nitrogens is 1. The maximum atomic E-state index is 5.90. The summed E-state index contributed by atoms with van der Waals surface area (Å²) < 4.78 is 12.6. The normalized spacial score (nSPS) is 11.6. The Morgan fingerprint density at radius 2 is 1.83 bits per heavy atom. The lowest BCUT2D eigenvalue weighted by atomic mass is 9.85. The Balaban J connectivity index is 2.74. The number of halogens is 1. The average molecular weight is 429 g/mol. The van der Waals surface area contributed by atoms with Crippen molar-refractivity contribution >= 4 is 28.4 Å². The van der Waals surface area contributed by atoms with Gasteiger partial charge in [-0.25, -0.2) is 0 Å². The molecule has 6 heteroatoms. The number of ether oxygens (including phenoxy) is 2. The van der Waals surface area contributed by atoms with Crippen molar-refractivity contribution in [3.8, 4) is 22.8 Å². The molecule has 23 heavy (non-hydrogen) atoms. The van der Waals surface area contributed by atoms with E-state index in [1.165, 1.54) is 5.56 Å². The number of nitrogens with zero attached hydrogens (tertiary/aromatic N) is 1. The van der Waals surface area contributed by atoms with Gasteiger partial charge in [-0.15, -0.1) is 0 Å². The van der Waals surface area contributed by atoms with Crippen LogP contribution in [-0.2, 0) is 5.41 Å². The van der Waals surface area contributed by atoms with Crippen LogP contribution in [0, 0.1) is 3.57 Å². The first kappa shape index (κ1) is 17.9. The molecule has 0 bridgehead atoms. The second-order valence-corrected chi connectivity index (χ2v) is 7.34. The molecule has 0 unspecified atom stereocenters. The van der Waals surface area contributed by atoms with E-state index in [1.54, 1.807) is 0 Å². The van der Waals surface area contributed by atoms with Gasteiger partial charge in [0.15, 0.2) is 17.3 Å². The third-order valence-corrected chi connectivity index (χ3v) is 4.60. The fraction of sp³-hybridized carbons (Fsp3) is 0.471. The molecule has 5 nitrogen and oxygen atoms in total. The number of nitrogens with one attached hydrogen (secondary N) is 1. The smallest absolute Gasteiger partial charge is 0.170 e. The molecule has 0 saturated heterocycles. The number of hydrogen-bond acceptors (Lipinski definition) is 4. The number of aromatic nitrogens is 2. The SMILES string of the molecule is CCOc1cc(C(C)(C)C)cc(-c2[nH]nc(N)c2I)c1OCC. The van der Waals surface area contributed by atoms with E-state index in [4.69, 9.17) is 15.2 Å². The first-order valence-electron chi connectivity index (χ1n) is 7.73. The number of benzene rings is 1. The second kappa shape index (κ2) is 6.98. The van der Waals surface area contributed by atoms with Crippen molar-refractivity contribution in [3.05, 3.63) is 21.3 Å². The molecule has 0 aliphatic rings. The van der Waals surface area contributed by atoms with E-state index in [9.17, 15) is 0 Å². The average Bonchev–Trinajstić information content (AvgIpc) is 2.80. The quantitative estimate of drug-likeness (QED) is 0.693. The minimum absolute atomic E-state index is 0.0116. The summed E-state index contributed by atoms with van der Waals surface area (Å²) in [4.78, 5) is 0.